The number of hydrogen-bond acceptors (Lipinski definition) is 6. The van der Waals surface area contributed by atoms with Gasteiger partial charge in [-0.25, -0.2) is 0 Å². The first-order chi connectivity index (χ1) is 16.9. The van der Waals surface area contributed by atoms with Gasteiger partial charge in [0.25, 0.3) is 0 Å². The van der Waals surface area contributed by atoms with Crippen molar-refractivity contribution in [3.63, 3.8) is 0 Å². The van der Waals surface area contributed by atoms with Crippen LogP contribution in [0.5, 0.6) is 0 Å². The Labute approximate surface area is 220 Å². The highest BCUT2D eigenvalue weighted by Gasteiger charge is 2.76. The number of ether oxygens (including phenoxy) is 1. The number of rotatable bonds is 10. The zero-order valence-corrected chi connectivity index (χ0v) is 22.8. The predicted octanol–water partition coefficient (Wildman–Crippen LogP) is 3.30. The van der Waals surface area contributed by atoms with Crippen LogP contribution >= 0.6 is 27.7 Å². The smallest absolute Gasteiger partial charge is 0.311 e. The average molecular weight is 570 g/mol. The van der Waals surface area contributed by atoms with E-state index in [1.807, 2.05) is 11.8 Å². The van der Waals surface area contributed by atoms with Crippen LogP contribution in [0.25, 0.3) is 0 Å². The van der Waals surface area contributed by atoms with Crippen LogP contribution in [-0.2, 0) is 19.1 Å². The van der Waals surface area contributed by atoms with Crippen molar-refractivity contribution in [2.75, 3.05) is 19.8 Å². The van der Waals surface area contributed by atoms with Crippen molar-refractivity contribution >= 4 is 45.5 Å². The first-order valence-electron chi connectivity index (χ1n) is 12.8. The Morgan fingerprint density at radius 2 is 2.03 bits per heavy atom. The molecular weight excluding hydrogens is 532 g/mol. The van der Waals surface area contributed by atoms with Crippen LogP contribution in [0, 0.1) is 11.8 Å². The van der Waals surface area contributed by atoms with Gasteiger partial charge >= 0.3 is 5.97 Å². The predicted molar refractivity (Wildman–Crippen MR) is 140 cm³/mol. The molecule has 3 aliphatic heterocycles. The van der Waals surface area contributed by atoms with E-state index in [0.717, 1.165) is 25.7 Å². The number of nitrogens with zero attached hydrogens (tertiary/aromatic N) is 2. The van der Waals surface area contributed by atoms with Crippen molar-refractivity contribution in [3.8, 4) is 0 Å². The Morgan fingerprint density at radius 1 is 1.31 bits per heavy atom. The molecule has 3 saturated heterocycles. The lowest BCUT2D eigenvalue weighted by Crippen LogP contribution is -2.59. The Balaban J connectivity index is 1.77. The van der Waals surface area contributed by atoms with Gasteiger partial charge in [0.15, 0.2) is 0 Å². The van der Waals surface area contributed by atoms with Crippen LogP contribution in [0.4, 0.5) is 0 Å². The molecule has 1 aliphatic carbocycles. The number of halogens is 1. The summed E-state index contributed by atoms with van der Waals surface area (Å²) in [5, 5.41) is 10.1. The minimum absolute atomic E-state index is 0.00943. The summed E-state index contributed by atoms with van der Waals surface area (Å²) < 4.78 is 4.70. The lowest BCUT2D eigenvalue weighted by atomic mass is 9.71. The summed E-state index contributed by atoms with van der Waals surface area (Å²) in [6.45, 7) is 9.72. The Kier molecular flexibility index (Phi) is 8.38. The van der Waals surface area contributed by atoms with Gasteiger partial charge in [0.1, 0.15) is 12.6 Å². The monoisotopic (exact) mass is 568 g/mol. The number of likely N-dealkylation sites (tertiary alicyclic amines) is 1. The fraction of sp³-hybridized carbons (Fsp3) is 0.731. The maximum Gasteiger partial charge on any atom is 0.311 e. The molecule has 7 atom stereocenters. The van der Waals surface area contributed by atoms with E-state index in [9.17, 15) is 19.5 Å². The van der Waals surface area contributed by atoms with E-state index < -0.39 is 34.6 Å². The molecule has 3 unspecified atom stereocenters. The highest BCUT2D eigenvalue weighted by Crippen LogP contribution is 2.68. The molecule has 194 valence electrons. The van der Waals surface area contributed by atoms with Gasteiger partial charge in [-0.15, -0.1) is 18.3 Å². The molecule has 1 saturated carbocycles. The number of hydrogen-bond donors (Lipinski definition) is 1. The van der Waals surface area contributed by atoms with Crippen molar-refractivity contribution in [1.29, 1.82) is 0 Å². The summed E-state index contributed by atoms with van der Waals surface area (Å²) in [5.41, 5.74) is 0. The van der Waals surface area contributed by atoms with Gasteiger partial charge in [0.2, 0.25) is 11.8 Å². The fourth-order valence-corrected chi connectivity index (χ4v) is 10.3. The van der Waals surface area contributed by atoms with E-state index in [2.05, 4.69) is 29.1 Å². The molecule has 4 fully saturated rings. The summed E-state index contributed by atoms with van der Waals surface area (Å²) in [6.07, 6.45) is 9.65. The Morgan fingerprint density at radius 3 is 2.63 bits per heavy atom. The van der Waals surface area contributed by atoms with Crippen molar-refractivity contribution in [2.45, 2.75) is 84.8 Å². The van der Waals surface area contributed by atoms with Crippen LogP contribution in [0.3, 0.4) is 0 Å². The van der Waals surface area contributed by atoms with Gasteiger partial charge in [-0.2, -0.15) is 0 Å². The number of amides is 2. The number of carbonyl (C=O) groups is 3. The Bertz CT molecular complexity index is 861. The molecular formula is C26H37BrN2O5S. The van der Waals surface area contributed by atoms with Gasteiger partial charge in [-0.05, 0) is 25.7 Å². The first-order valence-corrected chi connectivity index (χ1v) is 14.6. The van der Waals surface area contributed by atoms with Gasteiger partial charge in [0.05, 0.1) is 29.2 Å². The molecule has 2 amide bonds. The maximum atomic E-state index is 14.5. The minimum atomic E-state index is -0.735. The molecule has 0 radical (unpaired) electrons. The first kappa shape index (κ1) is 26.7. The topological polar surface area (TPSA) is 87.2 Å². The number of esters is 1. The average Bonchev–Trinajstić information content (AvgIpc) is 3.46. The SMILES string of the molecule is C=CCOC(=O)[C@H]1[C@@H]2SC3(CC2Br)C(C(=O)N(CC=C)C2CCCCC2)N([C@@H](CC)CO)C(=O)[C@H]13. The Hall–Kier alpha value is -1.32. The maximum absolute atomic E-state index is 14.5. The zero-order valence-electron chi connectivity index (χ0n) is 20.4. The van der Waals surface area contributed by atoms with Crippen molar-refractivity contribution in [3.05, 3.63) is 25.3 Å². The molecule has 1 spiro atoms. The molecule has 35 heavy (non-hydrogen) atoms. The van der Waals surface area contributed by atoms with Crippen molar-refractivity contribution in [1.82, 2.24) is 9.80 Å². The second-order valence-electron chi connectivity index (χ2n) is 10.1. The van der Waals surface area contributed by atoms with E-state index in [0.29, 0.717) is 19.4 Å². The number of fused-ring (bicyclic) bond motifs is 1. The van der Waals surface area contributed by atoms with E-state index in [1.54, 1.807) is 22.7 Å². The number of thioether (sulfide) groups is 1. The highest BCUT2D eigenvalue weighted by atomic mass is 79.9. The van der Waals surface area contributed by atoms with Crippen LogP contribution < -0.4 is 0 Å². The second kappa shape index (κ2) is 11.0. The summed E-state index contributed by atoms with van der Waals surface area (Å²) in [5.74, 6) is -1.97. The highest BCUT2D eigenvalue weighted by molar-refractivity contribution is 9.09. The van der Waals surface area contributed by atoms with Crippen LogP contribution in [0.2, 0.25) is 0 Å². The molecule has 7 nitrogen and oxygen atoms in total. The summed E-state index contributed by atoms with van der Waals surface area (Å²) in [7, 11) is 0. The lowest BCUT2D eigenvalue weighted by molar-refractivity contribution is -0.153. The normalized spacial score (nSPS) is 35.0. The third-order valence-electron chi connectivity index (χ3n) is 8.28. The van der Waals surface area contributed by atoms with E-state index >= 15 is 0 Å². The second-order valence-corrected chi connectivity index (χ2v) is 12.9. The molecule has 1 N–H and O–H groups in total. The molecule has 4 aliphatic rings. The van der Waals surface area contributed by atoms with Gasteiger partial charge in [-0.1, -0.05) is 60.8 Å². The lowest BCUT2D eigenvalue weighted by Gasteiger charge is -2.42. The summed E-state index contributed by atoms with van der Waals surface area (Å²) in [4.78, 5) is 45.2. The molecule has 0 aromatic carbocycles. The molecule has 0 aromatic rings. The molecule has 9 heteroatoms. The zero-order chi connectivity index (χ0) is 25.3. The molecule has 2 bridgehead atoms. The fourth-order valence-electron chi connectivity index (χ4n) is 6.77. The summed E-state index contributed by atoms with van der Waals surface area (Å²) >= 11 is 5.37. The number of aliphatic hydroxyl groups is 1. The van der Waals surface area contributed by atoms with Crippen molar-refractivity contribution < 1.29 is 24.2 Å². The van der Waals surface area contributed by atoms with E-state index in [-0.39, 0.29) is 41.1 Å². The van der Waals surface area contributed by atoms with Gasteiger partial charge < -0.3 is 19.6 Å². The minimum Gasteiger partial charge on any atom is -0.461 e. The molecule has 3 heterocycles. The van der Waals surface area contributed by atoms with Crippen LogP contribution in [-0.4, -0.2) is 85.4 Å². The summed E-state index contributed by atoms with van der Waals surface area (Å²) in [6, 6.07) is -1.09. The van der Waals surface area contributed by atoms with Gasteiger partial charge in [-0.3, -0.25) is 14.4 Å². The molecule has 4 rings (SSSR count). The van der Waals surface area contributed by atoms with E-state index in [4.69, 9.17) is 4.74 Å². The number of alkyl halides is 1. The standard InChI is InChI=1S/C26H37BrN2O5S/c1-4-12-28(17-10-8-7-9-11-17)24(32)22-26-14-18(27)21(35-26)19(25(33)34-13-5-2)20(26)23(31)29(22)16(6-3)15-30/h4-5,16-22,30H,1-2,6-15H2,3H3/t16-,18?,19+,20-,21+,22?,26?/m0/s1. The van der Waals surface area contributed by atoms with Crippen LogP contribution in [0.15, 0.2) is 25.3 Å². The van der Waals surface area contributed by atoms with Crippen molar-refractivity contribution in [2.24, 2.45) is 11.8 Å². The quantitative estimate of drug-likeness (QED) is 0.247. The third-order valence-corrected chi connectivity index (χ3v) is 11.5. The van der Waals surface area contributed by atoms with Crippen LogP contribution in [0.1, 0.15) is 51.9 Å². The van der Waals surface area contributed by atoms with E-state index in [1.165, 1.54) is 12.5 Å². The van der Waals surface area contributed by atoms with Gasteiger partial charge in [0, 0.05) is 22.7 Å². The molecule has 0 aromatic heterocycles. The number of carbonyl (C=O) groups excluding carboxylic acids is 3. The third kappa shape index (κ3) is 4.39. The number of aliphatic hydroxyl groups excluding tert-OH is 1. The largest absolute Gasteiger partial charge is 0.461 e.